The zero-order valence-electron chi connectivity index (χ0n) is 10.4. The molecule has 2 atom stereocenters. The van der Waals surface area contributed by atoms with E-state index in [9.17, 15) is 9.18 Å². The highest BCUT2D eigenvalue weighted by atomic mass is 32.2. The molecule has 1 nitrogen and oxygen atoms in total. The summed E-state index contributed by atoms with van der Waals surface area (Å²) in [4.78, 5) is 12.3. The summed E-state index contributed by atoms with van der Waals surface area (Å²) in [6.07, 6.45) is 3.24. The number of benzene rings is 1. The molecule has 1 saturated carbocycles. The van der Waals surface area contributed by atoms with Crippen LogP contribution in [0.25, 0.3) is 0 Å². The highest BCUT2D eigenvalue weighted by molar-refractivity contribution is 7.98. The fourth-order valence-corrected chi connectivity index (χ4v) is 2.99. The summed E-state index contributed by atoms with van der Waals surface area (Å²) in [5.41, 5.74) is 0.678. The zero-order chi connectivity index (χ0) is 12.6. The van der Waals surface area contributed by atoms with Crippen LogP contribution in [0.2, 0.25) is 0 Å². The van der Waals surface area contributed by atoms with Gasteiger partial charge in [0.05, 0.1) is 0 Å². The zero-order valence-corrected chi connectivity index (χ0v) is 11.2. The van der Waals surface area contributed by atoms with Crippen LogP contribution in [0.1, 0.15) is 38.2 Å². The first-order chi connectivity index (χ1) is 8.02. The van der Waals surface area contributed by atoms with Gasteiger partial charge < -0.3 is 0 Å². The maximum Gasteiger partial charge on any atom is 0.140 e. The Kier molecular flexibility index (Phi) is 3.30. The third-order valence-electron chi connectivity index (χ3n) is 4.11. The Hall–Kier alpha value is -0.830. The molecule has 2 unspecified atom stereocenters. The van der Waals surface area contributed by atoms with Gasteiger partial charge in [-0.2, -0.15) is 0 Å². The van der Waals surface area contributed by atoms with Gasteiger partial charge in [0, 0.05) is 22.6 Å². The number of ketones is 1. The predicted octanol–water partition coefficient (Wildman–Crippen LogP) is 4.02. The first-order valence-corrected chi connectivity index (χ1v) is 7.12. The van der Waals surface area contributed by atoms with Gasteiger partial charge in [0.2, 0.25) is 0 Å². The number of Topliss-reactive ketones (excluding diaryl/α,β-unsaturated/α-hetero) is 1. The molecule has 3 heteroatoms. The summed E-state index contributed by atoms with van der Waals surface area (Å²) in [6.45, 7) is 4.01. The second kappa shape index (κ2) is 4.45. The minimum Gasteiger partial charge on any atom is -0.299 e. The van der Waals surface area contributed by atoms with Crippen LogP contribution in [0.4, 0.5) is 4.39 Å². The predicted molar refractivity (Wildman–Crippen MR) is 68.9 cm³/mol. The summed E-state index contributed by atoms with van der Waals surface area (Å²) in [5, 5.41) is 0. The van der Waals surface area contributed by atoms with E-state index in [0.29, 0.717) is 17.1 Å². The van der Waals surface area contributed by atoms with Gasteiger partial charge in [-0.25, -0.2) is 4.39 Å². The number of halogens is 1. The van der Waals surface area contributed by atoms with E-state index in [1.54, 1.807) is 6.07 Å². The van der Waals surface area contributed by atoms with Gasteiger partial charge in [-0.15, -0.1) is 11.8 Å². The van der Waals surface area contributed by atoms with Crippen LogP contribution < -0.4 is 0 Å². The summed E-state index contributed by atoms with van der Waals surface area (Å²) in [5.74, 6) is 0.317. The molecule has 0 spiro atoms. The minimum atomic E-state index is -0.284. The van der Waals surface area contributed by atoms with E-state index < -0.39 is 0 Å². The quantitative estimate of drug-likeness (QED) is 0.756. The standard InChI is InChI=1S/C14H17FOS/c1-4-14(2)10(8-13(14)16)9-5-6-12(17-3)11(15)7-9/h5-7,10H,4,8H2,1-3H3. The van der Waals surface area contributed by atoms with Gasteiger partial charge in [0.1, 0.15) is 11.6 Å². The van der Waals surface area contributed by atoms with Crippen LogP contribution >= 0.6 is 11.8 Å². The van der Waals surface area contributed by atoms with Crippen molar-refractivity contribution in [2.45, 2.75) is 37.5 Å². The third-order valence-corrected chi connectivity index (χ3v) is 4.88. The van der Waals surface area contributed by atoms with Gasteiger partial charge in [-0.1, -0.05) is 19.9 Å². The van der Waals surface area contributed by atoms with Gasteiger partial charge in [-0.3, -0.25) is 4.79 Å². The molecule has 1 aliphatic carbocycles. The van der Waals surface area contributed by atoms with Crippen LogP contribution in [0.15, 0.2) is 23.1 Å². The fourth-order valence-electron chi connectivity index (χ4n) is 2.54. The Labute approximate surface area is 106 Å². The summed E-state index contributed by atoms with van der Waals surface area (Å²) in [7, 11) is 0. The second-order valence-electron chi connectivity index (χ2n) is 4.84. The molecule has 0 N–H and O–H groups in total. The van der Waals surface area contributed by atoms with Gasteiger partial charge in [-0.05, 0) is 30.4 Å². The molecule has 0 radical (unpaired) electrons. The average Bonchev–Trinajstić information content (AvgIpc) is 2.34. The monoisotopic (exact) mass is 252 g/mol. The molecule has 1 fully saturated rings. The van der Waals surface area contributed by atoms with Crippen molar-refractivity contribution in [3.63, 3.8) is 0 Å². The van der Waals surface area contributed by atoms with Crippen molar-refractivity contribution >= 4 is 17.5 Å². The number of thioether (sulfide) groups is 1. The molecule has 1 aromatic carbocycles. The van der Waals surface area contributed by atoms with E-state index in [4.69, 9.17) is 0 Å². The molecule has 0 aliphatic heterocycles. The second-order valence-corrected chi connectivity index (χ2v) is 5.69. The summed E-state index contributed by atoms with van der Waals surface area (Å²) >= 11 is 1.41. The molecule has 17 heavy (non-hydrogen) atoms. The largest absolute Gasteiger partial charge is 0.299 e. The molecular formula is C14H17FOS. The minimum absolute atomic E-state index is 0.173. The van der Waals surface area contributed by atoms with E-state index in [1.165, 1.54) is 11.8 Å². The summed E-state index contributed by atoms with van der Waals surface area (Å²) < 4.78 is 13.7. The molecular weight excluding hydrogens is 235 g/mol. The Bertz CT molecular complexity index is 458. The number of carbonyl (C=O) groups excluding carboxylic acids is 1. The molecule has 0 saturated heterocycles. The molecule has 2 rings (SSSR count). The highest BCUT2D eigenvalue weighted by Crippen LogP contribution is 2.52. The smallest absolute Gasteiger partial charge is 0.140 e. The van der Waals surface area contributed by atoms with Gasteiger partial charge in [0.15, 0.2) is 0 Å². The lowest BCUT2D eigenvalue weighted by Gasteiger charge is -2.45. The number of rotatable bonds is 3. The molecule has 1 aliphatic rings. The van der Waals surface area contributed by atoms with Crippen molar-refractivity contribution in [3.8, 4) is 0 Å². The molecule has 0 amide bonds. The third kappa shape index (κ3) is 1.90. The van der Waals surface area contributed by atoms with Crippen molar-refractivity contribution in [1.29, 1.82) is 0 Å². The van der Waals surface area contributed by atoms with E-state index in [1.807, 2.05) is 32.2 Å². The lowest BCUT2D eigenvalue weighted by Crippen LogP contribution is -2.45. The first-order valence-electron chi connectivity index (χ1n) is 5.89. The fraction of sp³-hybridized carbons (Fsp3) is 0.500. The van der Waals surface area contributed by atoms with E-state index in [-0.39, 0.29) is 17.2 Å². The number of hydrogen-bond acceptors (Lipinski definition) is 2. The van der Waals surface area contributed by atoms with Crippen LogP contribution in [0.5, 0.6) is 0 Å². The van der Waals surface area contributed by atoms with E-state index >= 15 is 0 Å². The van der Waals surface area contributed by atoms with Crippen molar-refractivity contribution in [2.75, 3.05) is 6.26 Å². The highest BCUT2D eigenvalue weighted by Gasteiger charge is 2.50. The Morgan fingerprint density at radius 1 is 1.53 bits per heavy atom. The van der Waals surface area contributed by atoms with Crippen molar-refractivity contribution < 1.29 is 9.18 Å². The van der Waals surface area contributed by atoms with E-state index in [2.05, 4.69) is 0 Å². The molecule has 1 aromatic rings. The average molecular weight is 252 g/mol. The Balaban J connectivity index is 2.30. The van der Waals surface area contributed by atoms with E-state index in [0.717, 1.165) is 12.0 Å². The summed E-state index contributed by atoms with van der Waals surface area (Å²) in [6, 6.07) is 5.37. The Morgan fingerprint density at radius 2 is 2.24 bits per heavy atom. The van der Waals surface area contributed by atoms with Crippen LogP contribution in [-0.2, 0) is 4.79 Å². The van der Waals surface area contributed by atoms with Gasteiger partial charge in [0.25, 0.3) is 0 Å². The van der Waals surface area contributed by atoms with Crippen LogP contribution in [0, 0.1) is 11.2 Å². The number of carbonyl (C=O) groups is 1. The molecule has 0 heterocycles. The first kappa shape index (κ1) is 12.6. The van der Waals surface area contributed by atoms with Crippen molar-refractivity contribution in [2.24, 2.45) is 5.41 Å². The topological polar surface area (TPSA) is 17.1 Å². The maximum atomic E-state index is 13.7. The van der Waals surface area contributed by atoms with Crippen LogP contribution in [-0.4, -0.2) is 12.0 Å². The lowest BCUT2D eigenvalue weighted by molar-refractivity contribution is -0.139. The maximum absolute atomic E-state index is 13.7. The lowest BCUT2D eigenvalue weighted by atomic mass is 9.56. The SMILES string of the molecule is CCC1(C)C(=O)CC1c1ccc(SC)c(F)c1. The van der Waals surface area contributed by atoms with Crippen LogP contribution in [0.3, 0.4) is 0 Å². The van der Waals surface area contributed by atoms with Crippen molar-refractivity contribution in [1.82, 2.24) is 0 Å². The Morgan fingerprint density at radius 3 is 2.71 bits per heavy atom. The number of hydrogen-bond donors (Lipinski definition) is 0. The molecule has 0 aromatic heterocycles. The van der Waals surface area contributed by atoms with Crippen molar-refractivity contribution in [3.05, 3.63) is 29.6 Å². The molecule has 0 bridgehead atoms. The normalized spacial score (nSPS) is 28.0. The van der Waals surface area contributed by atoms with Gasteiger partial charge >= 0.3 is 0 Å². The molecule has 92 valence electrons.